The van der Waals surface area contributed by atoms with E-state index in [1.54, 1.807) is 0 Å². The minimum absolute atomic E-state index is 0.325. The van der Waals surface area contributed by atoms with E-state index in [1.165, 1.54) is 45.2 Å². The minimum atomic E-state index is 0.325. The average molecular weight is 367 g/mol. The Kier molecular flexibility index (Phi) is 8.49. The second-order valence-electron chi connectivity index (χ2n) is 7.88. The van der Waals surface area contributed by atoms with Gasteiger partial charge in [-0.25, -0.2) is 0 Å². The number of hydrogen-bond acceptors (Lipinski definition) is 4. The van der Waals surface area contributed by atoms with E-state index in [0.717, 1.165) is 64.6 Å². The normalized spacial score (nSPS) is 26.9. The van der Waals surface area contributed by atoms with E-state index in [2.05, 4.69) is 20.1 Å². The number of nitrogens with one attached hydrogen (secondary N) is 1. The zero-order valence-corrected chi connectivity index (χ0v) is 16.6. The number of likely N-dealkylation sites (tertiary alicyclic amines) is 2. The average Bonchev–Trinajstić information content (AvgIpc) is 2.72. The van der Waals surface area contributed by atoms with Gasteiger partial charge in [0.2, 0.25) is 0 Å². The van der Waals surface area contributed by atoms with Crippen LogP contribution in [-0.2, 0) is 9.47 Å². The van der Waals surface area contributed by atoms with Gasteiger partial charge in [-0.2, -0.15) is 0 Å². The van der Waals surface area contributed by atoms with Crippen LogP contribution in [0.2, 0.25) is 0 Å². The molecule has 150 valence electrons. The van der Waals surface area contributed by atoms with Crippen molar-refractivity contribution in [2.75, 3.05) is 59.5 Å². The molecule has 0 aromatic rings. The second-order valence-corrected chi connectivity index (χ2v) is 7.88. The molecule has 3 rings (SSSR count). The largest absolute Gasteiger partial charge is 0.376 e. The molecule has 3 heterocycles. The van der Waals surface area contributed by atoms with Crippen LogP contribution in [0.3, 0.4) is 0 Å². The summed E-state index contributed by atoms with van der Waals surface area (Å²) in [5.74, 6) is 1.05. The van der Waals surface area contributed by atoms with Crippen LogP contribution >= 0.6 is 0 Å². The van der Waals surface area contributed by atoms with Crippen LogP contribution in [0.4, 0.5) is 0 Å². The molecule has 1 N–H and O–H groups in total. The van der Waals surface area contributed by atoms with Crippen LogP contribution in [0.5, 0.6) is 0 Å². The molecule has 0 spiro atoms. The van der Waals surface area contributed by atoms with Crippen LogP contribution in [0.1, 0.15) is 51.4 Å². The maximum Gasteiger partial charge on any atom is 0.193 e. The Morgan fingerprint density at radius 2 is 1.85 bits per heavy atom. The van der Waals surface area contributed by atoms with Crippen molar-refractivity contribution in [1.29, 1.82) is 0 Å². The van der Waals surface area contributed by atoms with Gasteiger partial charge < -0.3 is 24.6 Å². The summed E-state index contributed by atoms with van der Waals surface area (Å²) < 4.78 is 11.9. The smallest absolute Gasteiger partial charge is 0.193 e. The van der Waals surface area contributed by atoms with Gasteiger partial charge in [0.05, 0.1) is 18.8 Å². The zero-order valence-electron chi connectivity index (χ0n) is 16.6. The van der Waals surface area contributed by atoms with Crippen LogP contribution in [0.15, 0.2) is 4.99 Å². The van der Waals surface area contributed by atoms with E-state index in [9.17, 15) is 0 Å². The van der Waals surface area contributed by atoms with E-state index in [4.69, 9.17) is 9.47 Å². The van der Waals surface area contributed by atoms with Gasteiger partial charge in [-0.1, -0.05) is 6.42 Å². The third-order valence-corrected chi connectivity index (χ3v) is 5.90. The van der Waals surface area contributed by atoms with Gasteiger partial charge >= 0.3 is 0 Å². The van der Waals surface area contributed by atoms with Crippen molar-refractivity contribution in [1.82, 2.24) is 15.1 Å². The summed E-state index contributed by atoms with van der Waals surface area (Å²) in [5, 5.41) is 3.56. The minimum Gasteiger partial charge on any atom is -0.376 e. The maximum atomic E-state index is 6.13. The van der Waals surface area contributed by atoms with Crippen molar-refractivity contribution in [2.45, 2.75) is 63.6 Å². The highest BCUT2D eigenvalue weighted by molar-refractivity contribution is 5.79. The fourth-order valence-electron chi connectivity index (χ4n) is 4.26. The summed E-state index contributed by atoms with van der Waals surface area (Å²) in [6, 6.07) is 0. The van der Waals surface area contributed by atoms with Crippen LogP contribution in [0.25, 0.3) is 0 Å². The number of nitrogens with zero attached hydrogens (tertiary/aromatic N) is 3. The Labute approximate surface area is 159 Å². The lowest BCUT2D eigenvalue weighted by molar-refractivity contribution is -0.0721. The number of hydrogen-bond donors (Lipinski definition) is 1. The molecule has 26 heavy (non-hydrogen) atoms. The Morgan fingerprint density at radius 1 is 1.04 bits per heavy atom. The number of rotatable bonds is 6. The van der Waals surface area contributed by atoms with Gasteiger partial charge in [0.15, 0.2) is 5.96 Å². The molecule has 1 unspecified atom stereocenters. The Balaban J connectivity index is 1.30. The van der Waals surface area contributed by atoms with E-state index in [-0.39, 0.29) is 0 Å². The summed E-state index contributed by atoms with van der Waals surface area (Å²) >= 11 is 0. The second kappa shape index (κ2) is 11.1. The third-order valence-electron chi connectivity index (χ3n) is 5.90. The van der Waals surface area contributed by atoms with E-state index >= 15 is 0 Å². The van der Waals surface area contributed by atoms with Crippen molar-refractivity contribution in [3.05, 3.63) is 0 Å². The number of aliphatic imine (C=N–C) groups is 1. The first-order valence-electron chi connectivity index (χ1n) is 10.8. The predicted octanol–water partition coefficient (Wildman–Crippen LogP) is 2.10. The highest BCUT2D eigenvalue weighted by atomic mass is 16.5. The van der Waals surface area contributed by atoms with Gasteiger partial charge in [0.1, 0.15) is 0 Å². The molecule has 6 heteroatoms. The molecular weight excluding hydrogens is 328 g/mol. The lowest BCUT2D eigenvalue weighted by atomic mass is 10.1. The molecule has 3 fully saturated rings. The Morgan fingerprint density at radius 3 is 2.54 bits per heavy atom. The molecule has 0 aromatic heterocycles. The van der Waals surface area contributed by atoms with E-state index < -0.39 is 0 Å². The van der Waals surface area contributed by atoms with Crippen LogP contribution in [-0.4, -0.2) is 87.5 Å². The number of guanidine groups is 1. The molecule has 1 atom stereocenters. The highest BCUT2D eigenvalue weighted by Gasteiger charge is 2.23. The quantitative estimate of drug-likeness (QED) is 0.576. The molecule has 0 saturated carbocycles. The summed E-state index contributed by atoms with van der Waals surface area (Å²) in [7, 11) is 1.90. The lowest BCUT2D eigenvalue weighted by Gasteiger charge is -2.35. The van der Waals surface area contributed by atoms with Gasteiger partial charge in [-0.15, -0.1) is 0 Å². The first kappa shape index (κ1) is 19.9. The van der Waals surface area contributed by atoms with Crippen molar-refractivity contribution >= 4 is 5.96 Å². The Bertz CT molecular complexity index is 412. The zero-order chi connectivity index (χ0) is 18.0. The molecule has 3 saturated heterocycles. The number of ether oxygens (including phenoxy) is 2. The summed E-state index contributed by atoms with van der Waals surface area (Å²) in [6.07, 6.45) is 10.6. The van der Waals surface area contributed by atoms with Gasteiger partial charge in [0, 0.05) is 39.8 Å². The van der Waals surface area contributed by atoms with Crippen molar-refractivity contribution in [3.8, 4) is 0 Å². The molecule has 0 amide bonds. The molecule has 0 radical (unpaired) electrons. The van der Waals surface area contributed by atoms with Crippen LogP contribution in [0, 0.1) is 0 Å². The molecular formula is C20H38N4O2. The fourth-order valence-corrected chi connectivity index (χ4v) is 4.26. The molecule has 0 bridgehead atoms. The SMILES string of the molecule is CN=C(NCCN1CCCCC1)N1CCC(OCC2CCCCO2)CC1. The van der Waals surface area contributed by atoms with Crippen LogP contribution < -0.4 is 5.32 Å². The lowest BCUT2D eigenvalue weighted by Crippen LogP contribution is -2.49. The monoisotopic (exact) mass is 366 g/mol. The van der Waals surface area contributed by atoms with Gasteiger partial charge in [-0.3, -0.25) is 4.99 Å². The van der Waals surface area contributed by atoms with Crippen molar-refractivity contribution in [2.24, 2.45) is 4.99 Å². The first-order valence-corrected chi connectivity index (χ1v) is 10.8. The Hall–Kier alpha value is -0.850. The highest BCUT2D eigenvalue weighted by Crippen LogP contribution is 2.18. The van der Waals surface area contributed by atoms with Crippen molar-refractivity contribution in [3.63, 3.8) is 0 Å². The summed E-state index contributed by atoms with van der Waals surface area (Å²) in [4.78, 5) is 9.44. The molecule has 0 aromatic carbocycles. The van der Waals surface area contributed by atoms with E-state index in [0.29, 0.717) is 12.2 Å². The fraction of sp³-hybridized carbons (Fsp3) is 0.950. The molecule has 3 aliphatic heterocycles. The topological polar surface area (TPSA) is 49.3 Å². The maximum absolute atomic E-state index is 6.13. The standard InChI is InChI=1S/C20H38N4O2/c1-21-20(22-10-15-23-11-4-2-5-12-23)24-13-8-18(9-14-24)26-17-19-7-3-6-16-25-19/h18-19H,2-17H2,1H3,(H,21,22). The third kappa shape index (κ3) is 6.39. The van der Waals surface area contributed by atoms with Gasteiger partial charge in [-0.05, 0) is 58.0 Å². The summed E-state index contributed by atoms with van der Waals surface area (Å²) in [6.45, 7) is 8.36. The summed E-state index contributed by atoms with van der Waals surface area (Å²) in [5.41, 5.74) is 0. The van der Waals surface area contributed by atoms with Gasteiger partial charge in [0.25, 0.3) is 0 Å². The number of piperidine rings is 2. The molecule has 6 nitrogen and oxygen atoms in total. The van der Waals surface area contributed by atoms with E-state index in [1.807, 2.05) is 7.05 Å². The predicted molar refractivity (Wildman–Crippen MR) is 106 cm³/mol. The first-order chi connectivity index (χ1) is 12.8. The molecule has 3 aliphatic rings. The molecule has 0 aliphatic carbocycles. The van der Waals surface area contributed by atoms with Crippen molar-refractivity contribution < 1.29 is 9.47 Å².